The van der Waals surface area contributed by atoms with Gasteiger partial charge in [0.2, 0.25) is 0 Å². The summed E-state index contributed by atoms with van der Waals surface area (Å²) in [6, 6.07) is 0.0667. The molecule has 2 atom stereocenters. The highest BCUT2D eigenvalue weighted by molar-refractivity contribution is 5.68. The Morgan fingerprint density at radius 1 is 1.44 bits per heavy atom. The predicted octanol–water partition coefficient (Wildman–Crippen LogP) is 2.31. The number of nitrogens with one attached hydrogen (secondary N) is 1. The number of alkyl carbamates (subject to hydrolysis) is 1. The molecule has 0 aromatic carbocycles. The molecule has 4 nitrogen and oxygen atoms in total. The van der Waals surface area contributed by atoms with Crippen molar-refractivity contribution in [1.29, 1.82) is 0 Å². The van der Waals surface area contributed by atoms with Gasteiger partial charge in [-0.15, -0.1) is 0 Å². The van der Waals surface area contributed by atoms with Crippen LogP contribution in [0.15, 0.2) is 0 Å². The zero-order valence-corrected chi connectivity index (χ0v) is 11.0. The molecule has 0 bridgehead atoms. The van der Waals surface area contributed by atoms with Crippen LogP contribution in [0.2, 0.25) is 0 Å². The van der Waals surface area contributed by atoms with Gasteiger partial charge in [0.25, 0.3) is 0 Å². The number of ether oxygens (including phenoxy) is 1. The topological polar surface area (TPSA) is 58.6 Å². The number of hydrogen-bond donors (Lipinski definition) is 2. The maximum atomic E-state index is 11.5. The van der Waals surface area contributed by atoms with Crippen LogP contribution in [0.1, 0.15) is 47.5 Å². The van der Waals surface area contributed by atoms with Crippen molar-refractivity contribution < 1.29 is 14.6 Å². The molecular weight excluding hydrogens is 206 g/mol. The number of carbonyl (C=O) groups is 1. The molecule has 0 spiro atoms. The summed E-state index contributed by atoms with van der Waals surface area (Å²) >= 11 is 0. The quantitative estimate of drug-likeness (QED) is 0.763. The van der Waals surface area contributed by atoms with E-state index in [1.807, 2.05) is 34.6 Å². The molecule has 0 saturated carbocycles. The largest absolute Gasteiger partial charge is 0.444 e. The van der Waals surface area contributed by atoms with Gasteiger partial charge < -0.3 is 15.2 Å². The van der Waals surface area contributed by atoms with Crippen molar-refractivity contribution in [3.05, 3.63) is 0 Å². The van der Waals surface area contributed by atoms with Gasteiger partial charge in [-0.25, -0.2) is 4.79 Å². The molecule has 0 aliphatic carbocycles. The Morgan fingerprint density at radius 2 is 2.00 bits per heavy atom. The average Bonchev–Trinajstić information content (AvgIpc) is 2.13. The van der Waals surface area contributed by atoms with E-state index >= 15 is 0 Å². The Kier molecular flexibility index (Phi) is 6.41. The minimum absolute atomic E-state index is 0.0667. The molecule has 0 heterocycles. The van der Waals surface area contributed by atoms with Crippen LogP contribution in [-0.2, 0) is 4.74 Å². The van der Waals surface area contributed by atoms with Crippen molar-refractivity contribution in [3.63, 3.8) is 0 Å². The molecule has 0 saturated heterocycles. The zero-order chi connectivity index (χ0) is 12.8. The number of hydrogen-bond acceptors (Lipinski definition) is 3. The third-order valence-electron chi connectivity index (χ3n) is 2.21. The van der Waals surface area contributed by atoms with E-state index in [4.69, 9.17) is 9.84 Å². The van der Waals surface area contributed by atoms with E-state index in [9.17, 15) is 4.79 Å². The summed E-state index contributed by atoms with van der Waals surface area (Å²) in [6.45, 7) is 9.62. The summed E-state index contributed by atoms with van der Waals surface area (Å²) in [7, 11) is 0. The first-order valence-corrected chi connectivity index (χ1v) is 5.88. The Hall–Kier alpha value is -0.770. The average molecular weight is 231 g/mol. The molecule has 96 valence electrons. The highest BCUT2D eigenvalue weighted by Gasteiger charge is 2.19. The van der Waals surface area contributed by atoms with E-state index in [-0.39, 0.29) is 24.7 Å². The van der Waals surface area contributed by atoms with Crippen LogP contribution < -0.4 is 5.32 Å². The van der Waals surface area contributed by atoms with E-state index < -0.39 is 5.60 Å². The van der Waals surface area contributed by atoms with E-state index in [0.717, 1.165) is 12.8 Å². The second kappa shape index (κ2) is 6.74. The Bertz CT molecular complexity index is 211. The Balaban J connectivity index is 4.07. The van der Waals surface area contributed by atoms with Crippen LogP contribution in [0, 0.1) is 5.92 Å². The molecule has 2 N–H and O–H groups in total. The summed E-state index contributed by atoms with van der Waals surface area (Å²) in [4.78, 5) is 11.5. The molecule has 16 heavy (non-hydrogen) atoms. The Morgan fingerprint density at radius 3 is 2.38 bits per heavy atom. The van der Waals surface area contributed by atoms with Gasteiger partial charge in [0.05, 0.1) is 0 Å². The molecule has 0 aromatic heterocycles. The fraction of sp³-hybridized carbons (Fsp3) is 0.917. The van der Waals surface area contributed by atoms with Crippen molar-refractivity contribution in [1.82, 2.24) is 5.32 Å². The minimum atomic E-state index is -0.467. The Labute approximate surface area is 98.4 Å². The number of amides is 1. The summed E-state index contributed by atoms with van der Waals surface area (Å²) < 4.78 is 5.17. The summed E-state index contributed by atoms with van der Waals surface area (Å²) in [6.07, 6.45) is 1.22. The van der Waals surface area contributed by atoms with Crippen LogP contribution in [0.5, 0.6) is 0 Å². The van der Waals surface area contributed by atoms with Crippen LogP contribution in [0.4, 0.5) is 4.79 Å². The van der Waals surface area contributed by atoms with Crippen molar-refractivity contribution in [2.45, 2.75) is 59.1 Å². The standard InChI is InChI=1S/C12H25NO3/c1-6-10(7-9(2)8-14)13-11(15)16-12(3,4)5/h9-10,14H,6-8H2,1-5H3,(H,13,15). The van der Waals surface area contributed by atoms with Crippen LogP contribution in [-0.4, -0.2) is 29.4 Å². The second-order valence-electron chi connectivity index (χ2n) is 5.27. The van der Waals surface area contributed by atoms with Crippen molar-refractivity contribution in [3.8, 4) is 0 Å². The first kappa shape index (κ1) is 15.2. The van der Waals surface area contributed by atoms with Gasteiger partial charge >= 0.3 is 6.09 Å². The number of aliphatic hydroxyl groups excluding tert-OH is 1. The fourth-order valence-corrected chi connectivity index (χ4v) is 1.36. The van der Waals surface area contributed by atoms with E-state index in [1.165, 1.54) is 0 Å². The molecule has 4 heteroatoms. The number of aliphatic hydroxyl groups is 1. The highest BCUT2D eigenvalue weighted by Crippen LogP contribution is 2.10. The lowest BCUT2D eigenvalue weighted by Gasteiger charge is -2.24. The molecule has 0 aliphatic rings. The lowest BCUT2D eigenvalue weighted by molar-refractivity contribution is 0.0492. The minimum Gasteiger partial charge on any atom is -0.444 e. The molecule has 1 amide bonds. The molecule has 0 fully saturated rings. The molecule has 0 aromatic rings. The first-order chi connectivity index (χ1) is 7.28. The summed E-state index contributed by atoms with van der Waals surface area (Å²) in [5.74, 6) is 0.194. The molecular formula is C12H25NO3. The van der Waals surface area contributed by atoms with E-state index in [0.29, 0.717) is 0 Å². The van der Waals surface area contributed by atoms with E-state index in [2.05, 4.69) is 5.32 Å². The highest BCUT2D eigenvalue weighted by atomic mass is 16.6. The van der Waals surface area contributed by atoms with Gasteiger partial charge in [-0.1, -0.05) is 13.8 Å². The zero-order valence-electron chi connectivity index (χ0n) is 11.0. The maximum absolute atomic E-state index is 11.5. The van der Waals surface area contributed by atoms with Crippen LogP contribution in [0.3, 0.4) is 0 Å². The molecule has 0 radical (unpaired) electrons. The lowest BCUT2D eigenvalue weighted by Crippen LogP contribution is -2.39. The fourth-order valence-electron chi connectivity index (χ4n) is 1.36. The van der Waals surface area contributed by atoms with Gasteiger partial charge in [0.15, 0.2) is 0 Å². The summed E-state index contributed by atoms with van der Waals surface area (Å²) in [5, 5.41) is 11.8. The van der Waals surface area contributed by atoms with Crippen molar-refractivity contribution in [2.24, 2.45) is 5.92 Å². The van der Waals surface area contributed by atoms with Crippen LogP contribution in [0.25, 0.3) is 0 Å². The molecule has 2 unspecified atom stereocenters. The summed E-state index contributed by atoms with van der Waals surface area (Å²) in [5.41, 5.74) is -0.467. The maximum Gasteiger partial charge on any atom is 0.407 e. The number of carbonyl (C=O) groups excluding carboxylic acids is 1. The van der Waals surface area contributed by atoms with E-state index in [1.54, 1.807) is 0 Å². The third-order valence-corrected chi connectivity index (χ3v) is 2.21. The number of rotatable bonds is 5. The SMILES string of the molecule is CCC(CC(C)CO)NC(=O)OC(C)(C)C. The monoisotopic (exact) mass is 231 g/mol. The van der Waals surface area contributed by atoms with Gasteiger partial charge in [0.1, 0.15) is 5.60 Å². The lowest BCUT2D eigenvalue weighted by atomic mass is 10.0. The second-order valence-corrected chi connectivity index (χ2v) is 5.27. The van der Waals surface area contributed by atoms with Crippen molar-refractivity contribution >= 4 is 6.09 Å². The van der Waals surface area contributed by atoms with Gasteiger partial charge in [-0.3, -0.25) is 0 Å². The smallest absolute Gasteiger partial charge is 0.407 e. The molecule has 0 aliphatic heterocycles. The van der Waals surface area contributed by atoms with Gasteiger partial charge in [0, 0.05) is 12.6 Å². The van der Waals surface area contributed by atoms with Gasteiger partial charge in [-0.2, -0.15) is 0 Å². The first-order valence-electron chi connectivity index (χ1n) is 5.88. The predicted molar refractivity (Wildman–Crippen MR) is 64.3 cm³/mol. The van der Waals surface area contributed by atoms with Gasteiger partial charge in [-0.05, 0) is 39.5 Å². The third kappa shape index (κ3) is 7.51. The molecule has 0 rings (SSSR count). The normalized spacial score (nSPS) is 15.4. The van der Waals surface area contributed by atoms with Crippen LogP contribution >= 0.6 is 0 Å². The van der Waals surface area contributed by atoms with Crippen molar-refractivity contribution in [2.75, 3.05) is 6.61 Å².